The Morgan fingerprint density at radius 1 is 0.194 bits per heavy atom. The summed E-state index contributed by atoms with van der Waals surface area (Å²) in [4.78, 5) is 2.44. The summed E-state index contributed by atoms with van der Waals surface area (Å²) in [5.74, 6) is 0. The number of hydrogen-bond acceptors (Lipinski definition) is 1. The van der Waals surface area contributed by atoms with Crippen molar-refractivity contribution in [2.45, 2.75) is 0 Å². The fraction of sp³-hybridized carbons (Fsp3) is 0. The predicted molar refractivity (Wildman–Crippen MR) is 286 cm³/mol. The second-order valence-corrected chi connectivity index (χ2v) is 17.3. The number of fused-ring (bicyclic) bond motifs is 4. The molecule has 0 atom stereocenters. The van der Waals surface area contributed by atoms with Gasteiger partial charge in [0.1, 0.15) is 0 Å². The van der Waals surface area contributed by atoms with Crippen LogP contribution in [0.5, 0.6) is 0 Å². The van der Waals surface area contributed by atoms with Gasteiger partial charge in [0.25, 0.3) is 0 Å². The quantitative estimate of drug-likeness (QED) is 0.131. The SMILES string of the molecule is c1ccc(-c2cc(-c3ccccc3)cc(-c3ccc(N(c4ccc(-c5ccc6c(ccc7ccccc76)c5)cc4)c4cc(-c5cccc6ccccc56)ccc4-c4ccccc4)cc3)c2)cc1. The topological polar surface area (TPSA) is 3.24 Å². The van der Waals surface area contributed by atoms with Gasteiger partial charge in [0, 0.05) is 16.9 Å². The van der Waals surface area contributed by atoms with Crippen molar-refractivity contribution in [3.8, 4) is 66.8 Å². The molecule has 0 amide bonds. The Hall–Kier alpha value is -8.78. The van der Waals surface area contributed by atoms with Gasteiger partial charge in [0.15, 0.2) is 0 Å². The van der Waals surface area contributed by atoms with E-state index in [9.17, 15) is 0 Å². The van der Waals surface area contributed by atoms with Gasteiger partial charge in [-0.1, -0.05) is 218 Å². The summed E-state index contributed by atoms with van der Waals surface area (Å²) in [5.41, 5.74) is 17.4. The van der Waals surface area contributed by atoms with E-state index in [2.05, 4.69) is 278 Å². The molecule has 0 N–H and O–H groups in total. The molecule has 12 aromatic rings. The Morgan fingerprint density at radius 3 is 1.24 bits per heavy atom. The van der Waals surface area contributed by atoms with Gasteiger partial charge in [0.05, 0.1) is 5.69 Å². The molecule has 1 nitrogen and oxygen atoms in total. The van der Waals surface area contributed by atoms with Crippen LogP contribution in [0.1, 0.15) is 0 Å². The molecule has 0 aromatic heterocycles. The van der Waals surface area contributed by atoms with Crippen molar-refractivity contribution in [3.05, 3.63) is 273 Å². The van der Waals surface area contributed by atoms with E-state index < -0.39 is 0 Å². The normalized spacial score (nSPS) is 11.3. The summed E-state index contributed by atoms with van der Waals surface area (Å²) in [7, 11) is 0. The summed E-state index contributed by atoms with van der Waals surface area (Å²) in [5, 5.41) is 7.52. The third kappa shape index (κ3) is 7.73. The molecule has 0 aliphatic rings. The zero-order valence-electron chi connectivity index (χ0n) is 36.9. The lowest BCUT2D eigenvalue weighted by atomic mass is 9.93. The van der Waals surface area contributed by atoms with Gasteiger partial charge in [-0.05, 0) is 148 Å². The molecule has 0 radical (unpaired) electrons. The van der Waals surface area contributed by atoms with Crippen LogP contribution in [0.2, 0.25) is 0 Å². The maximum Gasteiger partial charge on any atom is 0.0546 e. The Bertz CT molecular complexity index is 3640. The zero-order valence-corrected chi connectivity index (χ0v) is 36.9. The highest BCUT2D eigenvalue weighted by Crippen LogP contribution is 2.45. The lowest BCUT2D eigenvalue weighted by Crippen LogP contribution is -2.11. The first kappa shape index (κ1) is 39.8. The highest BCUT2D eigenvalue weighted by molar-refractivity contribution is 6.08. The van der Waals surface area contributed by atoms with Gasteiger partial charge in [-0.3, -0.25) is 0 Å². The minimum atomic E-state index is 1.07. The highest BCUT2D eigenvalue weighted by atomic mass is 15.1. The highest BCUT2D eigenvalue weighted by Gasteiger charge is 2.20. The Kier molecular flexibility index (Phi) is 10.3. The standard InChI is InChI=1S/C66H45N/c1-4-15-46(16-5-1)56-42-57(47-17-6-2-7-18-47)44-58(43-56)49-31-37-60(38-32-49)67(59-35-29-48(30-36-59)53-33-39-64-54(41-53)28-27-52-22-11-13-25-62(52)64)66-45-55(34-40-65(66)51-19-8-3-9-20-51)63-26-14-23-50-21-10-12-24-61(50)63/h1-45H. The summed E-state index contributed by atoms with van der Waals surface area (Å²) in [6, 6.07) is 99.6. The van der Waals surface area contributed by atoms with Gasteiger partial charge >= 0.3 is 0 Å². The van der Waals surface area contributed by atoms with Crippen LogP contribution >= 0.6 is 0 Å². The van der Waals surface area contributed by atoms with Crippen LogP contribution in [-0.4, -0.2) is 0 Å². The Morgan fingerprint density at radius 2 is 0.627 bits per heavy atom. The molecule has 12 rings (SSSR count). The number of hydrogen-bond donors (Lipinski definition) is 0. The molecule has 314 valence electrons. The monoisotopic (exact) mass is 851 g/mol. The smallest absolute Gasteiger partial charge is 0.0546 e. The van der Waals surface area contributed by atoms with Gasteiger partial charge in [-0.15, -0.1) is 0 Å². The zero-order chi connectivity index (χ0) is 44.5. The lowest BCUT2D eigenvalue weighted by Gasteiger charge is -2.29. The van der Waals surface area contributed by atoms with Crippen LogP contribution in [0.15, 0.2) is 273 Å². The molecule has 0 saturated heterocycles. The minimum absolute atomic E-state index is 1.07. The van der Waals surface area contributed by atoms with Crippen molar-refractivity contribution < 1.29 is 0 Å². The van der Waals surface area contributed by atoms with E-state index in [-0.39, 0.29) is 0 Å². The molecule has 67 heavy (non-hydrogen) atoms. The second-order valence-electron chi connectivity index (χ2n) is 17.3. The maximum atomic E-state index is 2.44. The molecule has 0 aliphatic heterocycles. The van der Waals surface area contributed by atoms with E-state index in [0.29, 0.717) is 0 Å². The molecule has 0 unspecified atom stereocenters. The molecule has 0 spiro atoms. The van der Waals surface area contributed by atoms with Crippen LogP contribution in [0.3, 0.4) is 0 Å². The van der Waals surface area contributed by atoms with Crippen LogP contribution in [0.25, 0.3) is 99.1 Å². The molecule has 1 heteroatoms. The van der Waals surface area contributed by atoms with Crippen LogP contribution in [0, 0.1) is 0 Å². The molecular weight excluding hydrogens is 807 g/mol. The third-order valence-corrected chi connectivity index (χ3v) is 13.2. The molecular formula is C66H45N. The summed E-state index contributed by atoms with van der Waals surface area (Å²) < 4.78 is 0. The van der Waals surface area contributed by atoms with E-state index in [1.165, 1.54) is 82.4 Å². The number of anilines is 3. The first-order valence-electron chi connectivity index (χ1n) is 23.1. The van der Waals surface area contributed by atoms with Crippen molar-refractivity contribution in [1.82, 2.24) is 0 Å². The van der Waals surface area contributed by atoms with Crippen LogP contribution < -0.4 is 4.90 Å². The number of rotatable bonds is 9. The van der Waals surface area contributed by atoms with Gasteiger partial charge in [0.2, 0.25) is 0 Å². The van der Waals surface area contributed by atoms with E-state index in [4.69, 9.17) is 0 Å². The fourth-order valence-electron chi connectivity index (χ4n) is 9.84. The van der Waals surface area contributed by atoms with Crippen molar-refractivity contribution in [2.24, 2.45) is 0 Å². The molecule has 0 heterocycles. The Labute approximate surface area is 392 Å². The van der Waals surface area contributed by atoms with Gasteiger partial charge in [-0.2, -0.15) is 0 Å². The minimum Gasteiger partial charge on any atom is -0.310 e. The van der Waals surface area contributed by atoms with Crippen molar-refractivity contribution >= 4 is 49.4 Å². The second kappa shape index (κ2) is 17.3. The molecule has 0 aliphatic carbocycles. The summed E-state index contributed by atoms with van der Waals surface area (Å²) in [6.45, 7) is 0. The van der Waals surface area contributed by atoms with Gasteiger partial charge in [-0.25, -0.2) is 0 Å². The summed E-state index contributed by atoms with van der Waals surface area (Å²) in [6.07, 6.45) is 0. The maximum absolute atomic E-state index is 2.44. The van der Waals surface area contributed by atoms with E-state index >= 15 is 0 Å². The van der Waals surface area contributed by atoms with Crippen molar-refractivity contribution in [1.29, 1.82) is 0 Å². The molecule has 0 saturated carbocycles. The number of benzene rings is 12. The average molecular weight is 852 g/mol. The lowest BCUT2D eigenvalue weighted by molar-refractivity contribution is 1.28. The fourth-order valence-corrected chi connectivity index (χ4v) is 9.84. The first-order chi connectivity index (χ1) is 33.2. The Balaban J connectivity index is 1.01. The van der Waals surface area contributed by atoms with Crippen LogP contribution in [-0.2, 0) is 0 Å². The van der Waals surface area contributed by atoms with Crippen LogP contribution in [0.4, 0.5) is 17.1 Å². The van der Waals surface area contributed by atoms with Crippen molar-refractivity contribution in [2.75, 3.05) is 4.90 Å². The van der Waals surface area contributed by atoms with Gasteiger partial charge < -0.3 is 4.90 Å². The van der Waals surface area contributed by atoms with E-state index in [1.54, 1.807) is 0 Å². The summed E-state index contributed by atoms with van der Waals surface area (Å²) >= 11 is 0. The molecule has 0 fully saturated rings. The van der Waals surface area contributed by atoms with E-state index in [1.807, 2.05) is 0 Å². The third-order valence-electron chi connectivity index (χ3n) is 13.2. The predicted octanol–water partition coefficient (Wildman–Crippen LogP) is 18.6. The first-order valence-corrected chi connectivity index (χ1v) is 23.1. The van der Waals surface area contributed by atoms with E-state index in [0.717, 1.165) is 33.8 Å². The largest absolute Gasteiger partial charge is 0.310 e. The molecule has 0 bridgehead atoms. The average Bonchev–Trinajstić information content (AvgIpc) is 3.41. The van der Waals surface area contributed by atoms with Crippen molar-refractivity contribution in [3.63, 3.8) is 0 Å². The number of nitrogens with zero attached hydrogens (tertiary/aromatic N) is 1. The molecule has 12 aromatic carbocycles.